The summed E-state index contributed by atoms with van der Waals surface area (Å²) in [5.74, 6) is 0.879. The van der Waals surface area contributed by atoms with E-state index in [1.807, 2.05) is 18.2 Å². The molecule has 1 amide bonds. The molecule has 0 saturated carbocycles. The predicted octanol–water partition coefficient (Wildman–Crippen LogP) is 5.30. The number of rotatable bonds is 8. The van der Waals surface area contributed by atoms with Gasteiger partial charge in [-0.25, -0.2) is 0 Å². The van der Waals surface area contributed by atoms with Crippen molar-refractivity contribution in [2.24, 2.45) is 0 Å². The summed E-state index contributed by atoms with van der Waals surface area (Å²) >= 11 is 0. The van der Waals surface area contributed by atoms with Gasteiger partial charge in [0, 0.05) is 17.2 Å². The van der Waals surface area contributed by atoms with Crippen LogP contribution in [0.4, 0.5) is 0 Å². The number of phenolic OH excluding ortho intramolecular Hbond substituents is 3. The van der Waals surface area contributed by atoms with E-state index in [4.69, 9.17) is 18.9 Å². The molecular formula is C32H29NO8. The smallest absolute Gasteiger partial charge is 0.251 e. The normalized spacial score (nSPS) is 15.9. The quantitative estimate of drug-likeness (QED) is 0.216. The van der Waals surface area contributed by atoms with E-state index in [2.05, 4.69) is 5.32 Å². The van der Waals surface area contributed by atoms with E-state index in [9.17, 15) is 20.1 Å². The van der Waals surface area contributed by atoms with E-state index in [0.717, 1.165) is 5.56 Å². The Morgan fingerprint density at radius 2 is 1.46 bits per heavy atom. The first-order chi connectivity index (χ1) is 19.8. The highest BCUT2D eigenvalue weighted by Gasteiger charge is 2.35. The molecule has 4 aromatic rings. The Balaban J connectivity index is 1.46. The lowest BCUT2D eigenvalue weighted by atomic mass is 10.0. The minimum absolute atomic E-state index is 0.0418. The number of ether oxygens (including phenoxy) is 4. The van der Waals surface area contributed by atoms with Crippen molar-refractivity contribution in [2.75, 3.05) is 20.8 Å². The van der Waals surface area contributed by atoms with Gasteiger partial charge in [0.1, 0.15) is 11.5 Å². The lowest BCUT2D eigenvalue weighted by molar-refractivity contribution is 0.0197. The molecule has 210 valence electrons. The molecule has 0 aliphatic carbocycles. The number of methoxy groups -OCH3 is 2. The van der Waals surface area contributed by atoms with E-state index >= 15 is 0 Å². The molecule has 2 atom stereocenters. The summed E-state index contributed by atoms with van der Waals surface area (Å²) in [6, 6.07) is 21.9. The van der Waals surface area contributed by atoms with Crippen LogP contribution in [0.2, 0.25) is 0 Å². The van der Waals surface area contributed by atoms with Gasteiger partial charge < -0.3 is 39.6 Å². The van der Waals surface area contributed by atoms with Crippen molar-refractivity contribution in [1.82, 2.24) is 5.32 Å². The molecule has 1 heterocycles. The maximum absolute atomic E-state index is 12.8. The van der Waals surface area contributed by atoms with Crippen LogP contribution in [0.25, 0.3) is 12.2 Å². The van der Waals surface area contributed by atoms with Gasteiger partial charge in [-0.2, -0.15) is 0 Å². The summed E-state index contributed by atoms with van der Waals surface area (Å²) in [7, 11) is 2.88. The van der Waals surface area contributed by atoms with Gasteiger partial charge in [-0.3, -0.25) is 4.79 Å². The molecule has 0 saturated heterocycles. The van der Waals surface area contributed by atoms with Crippen LogP contribution in [0.3, 0.4) is 0 Å². The summed E-state index contributed by atoms with van der Waals surface area (Å²) in [5.41, 5.74) is 2.53. The number of amides is 1. The van der Waals surface area contributed by atoms with E-state index in [0.29, 0.717) is 28.2 Å². The monoisotopic (exact) mass is 555 g/mol. The fourth-order valence-corrected chi connectivity index (χ4v) is 4.56. The van der Waals surface area contributed by atoms with Crippen molar-refractivity contribution in [1.29, 1.82) is 0 Å². The molecule has 9 heteroatoms. The van der Waals surface area contributed by atoms with Crippen molar-refractivity contribution in [3.05, 3.63) is 101 Å². The van der Waals surface area contributed by atoms with Gasteiger partial charge in [0.15, 0.2) is 35.2 Å². The van der Waals surface area contributed by atoms with E-state index in [1.165, 1.54) is 32.4 Å². The molecule has 5 rings (SSSR count). The molecule has 41 heavy (non-hydrogen) atoms. The van der Waals surface area contributed by atoms with Gasteiger partial charge in [-0.05, 0) is 59.7 Å². The summed E-state index contributed by atoms with van der Waals surface area (Å²) in [6.45, 7) is 0.131. The predicted molar refractivity (Wildman–Crippen MR) is 153 cm³/mol. The zero-order valence-electron chi connectivity index (χ0n) is 22.4. The van der Waals surface area contributed by atoms with Gasteiger partial charge in [0.25, 0.3) is 5.91 Å². The molecule has 0 aromatic heterocycles. The van der Waals surface area contributed by atoms with Crippen LogP contribution in [0, 0.1) is 0 Å². The molecule has 1 aliphatic rings. The van der Waals surface area contributed by atoms with Gasteiger partial charge in [0.2, 0.25) is 5.75 Å². The zero-order chi connectivity index (χ0) is 28.9. The highest BCUT2D eigenvalue weighted by atomic mass is 16.6. The molecule has 0 fully saturated rings. The number of hydrogen-bond acceptors (Lipinski definition) is 8. The van der Waals surface area contributed by atoms with Crippen LogP contribution in [0.1, 0.15) is 33.2 Å². The number of fused-ring (bicyclic) bond motifs is 1. The van der Waals surface area contributed by atoms with Gasteiger partial charge in [0.05, 0.1) is 20.8 Å². The number of benzene rings is 4. The second kappa shape index (κ2) is 11.8. The minimum atomic E-state index is -0.704. The number of carbonyl (C=O) groups is 1. The average molecular weight is 556 g/mol. The molecule has 1 aliphatic heterocycles. The molecule has 4 N–H and O–H groups in total. The third-order valence-electron chi connectivity index (χ3n) is 6.56. The molecule has 0 radical (unpaired) electrons. The Labute approximate surface area is 236 Å². The molecular weight excluding hydrogens is 526 g/mol. The van der Waals surface area contributed by atoms with E-state index < -0.39 is 12.2 Å². The first kappa shape index (κ1) is 27.3. The minimum Gasteiger partial charge on any atom is -0.508 e. The van der Waals surface area contributed by atoms with Gasteiger partial charge >= 0.3 is 0 Å². The largest absolute Gasteiger partial charge is 0.508 e. The van der Waals surface area contributed by atoms with Gasteiger partial charge in [-0.15, -0.1) is 0 Å². The Bertz CT molecular complexity index is 1540. The number of carbonyl (C=O) groups excluding carboxylic acids is 1. The topological polar surface area (TPSA) is 127 Å². The first-order valence-electron chi connectivity index (χ1n) is 12.8. The average Bonchev–Trinajstić information content (AvgIpc) is 2.98. The Morgan fingerprint density at radius 1 is 0.805 bits per heavy atom. The standard InChI is InChI=1S/C32H29NO8/c1-38-27-15-22(16-28(39-2)30(27)36)31-29(18-33-32(37)21-6-4-3-5-7-21)40-25-11-10-19(14-26(25)41-31)8-9-20-12-23(34)17-24(35)13-20/h3-17,29,31,34-36H,18H2,1-2H3,(H,33,37)/b9-8+/t29-,31-/m0/s1. The fraction of sp³-hybridized carbons (Fsp3) is 0.156. The van der Waals surface area contributed by atoms with Gasteiger partial charge in [-0.1, -0.05) is 36.4 Å². The van der Waals surface area contributed by atoms with Crippen LogP contribution in [0.5, 0.6) is 40.2 Å². The first-order valence-corrected chi connectivity index (χ1v) is 12.8. The van der Waals surface area contributed by atoms with Crippen molar-refractivity contribution >= 4 is 18.1 Å². The molecule has 0 unspecified atom stereocenters. The molecule has 9 nitrogen and oxygen atoms in total. The Morgan fingerprint density at radius 3 is 2.12 bits per heavy atom. The Kier molecular flexibility index (Phi) is 7.87. The number of nitrogens with one attached hydrogen (secondary N) is 1. The highest BCUT2D eigenvalue weighted by Crippen LogP contribution is 2.44. The lowest BCUT2D eigenvalue weighted by Gasteiger charge is -2.35. The SMILES string of the molecule is COc1cc([C@@H]2Oc3cc(/C=C/c4cc(O)cc(O)c4)ccc3O[C@H]2CNC(=O)c2ccccc2)cc(OC)c1O. The molecule has 0 spiro atoms. The third-order valence-corrected chi connectivity index (χ3v) is 6.56. The van der Waals surface area contributed by atoms with E-state index in [1.54, 1.807) is 54.6 Å². The maximum atomic E-state index is 12.8. The number of phenols is 3. The summed E-state index contributed by atoms with van der Waals surface area (Å²) in [5, 5.41) is 32.9. The van der Waals surface area contributed by atoms with Crippen LogP contribution in [-0.2, 0) is 0 Å². The van der Waals surface area contributed by atoms with Crippen molar-refractivity contribution in [3.8, 4) is 40.2 Å². The Hall–Kier alpha value is -5.31. The maximum Gasteiger partial charge on any atom is 0.251 e. The van der Waals surface area contributed by atoms with Crippen molar-refractivity contribution < 1.29 is 39.1 Å². The molecule has 0 bridgehead atoms. The molecule has 4 aromatic carbocycles. The van der Waals surface area contributed by atoms with Crippen molar-refractivity contribution in [3.63, 3.8) is 0 Å². The summed E-state index contributed by atoms with van der Waals surface area (Å²) in [4.78, 5) is 12.8. The summed E-state index contributed by atoms with van der Waals surface area (Å²) < 4.78 is 23.5. The lowest BCUT2D eigenvalue weighted by Crippen LogP contribution is -2.43. The summed E-state index contributed by atoms with van der Waals surface area (Å²) in [6.07, 6.45) is 2.22. The highest BCUT2D eigenvalue weighted by molar-refractivity contribution is 5.94. The van der Waals surface area contributed by atoms with Crippen LogP contribution in [-0.4, -0.2) is 48.1 Å². The third kappa shape index (κ3) is 6.14. The number of hydrogen-bond donors (Lipinski definition) is 4. The second-order valence-corrected chi connectivity index (χ2v) is 9.37. The van der Waals surface area contributed by atoms with E-state index in [-0.39, 0.29) is 41.2 Å². The second-order valence-electron chi connectivity index (χ2n) is 9.37. The van der Waals surface area contributed by atoms with Crippen LogP contribution >= 0.6 is 0 Å². The number of aromatic hydroxyl groups is 3. The van der Waals surface area contributed by atoms with Crippen LogP contribution in [0.15, 0.2) is 78.9 Å². The fourth-order valence-electron chi connectivity index (χ4n) is 4.56. The van der Waals surface area contributed by atoms with Crippen LogP contribution < -0.4 is 24.3 Å². The zero-order valence-corrected chi connectivity index (χ0v) is 22.4. The van der Waals surface area contributed by atoms with Crippen molar-refractivity contribution in [2.45, 2.75) is 12.2 Å².